The van der Waals surface area contributed by atoms with Gasteiger partial charge in [0, 0.05) is 50.0 Å². The van der Waals surface area contributed by atoms with E-state index in [-0.39, 0.29) is 6.03 Å². The van der Waals surface area contributed by atoms with Gasteiger partial charge in [0.05, 0.1) is 0 Å². The number of piperazine rings is 1. The molecule has 5 nitrogen and oxygen atoms in total. The quantitative estimate of drug-likeness (QED) is 0.874. The fourth-order valence-corrected chi connectivity index (χ4v) is 2.64. The number of carbonyl (C=O) groups excluding carboxylic acids is 1. The summed E-state index contributed by atoms with van der Waals surface area (Å²) in [5.74, 6) is 0.430. The summed E-state index contributed by atoms with van der Waals surface area (Å²) in [4.78, 5) is 16.7. The lowest BCUT2D eigenvalue weighted by molar-refractivity contribution is 0.138. The highest BCUT2D eigenvalue weighted by Gasteiger charge is 2.16. The number of amides is 2. The van der Waals surface area contributed by atoms with Crippen LogP contribution in [0.25, 0.3) is 0 Å². The number of benzene rings is 1. The third-order valence-electron chi connectivity index (χ3n) is 3.88. The van der Waals surface area contributed by atoms with Crippen molar-refractivity contribution in [3.05, 3.63) is 29.3 Å². The maximum atomic E-state index is 11.9. The number of nitrogens with one attached hydrogen (secondary N) is 2. The number of anilines is 1. The van der Waals surface area contributed by atoms with Crippen LogP contribution < -0.4 is 10.6 Å². The summed E-state index contributed by atoms with van der Waals surface area (Å²) < 4.78 is 0. The van der Waals surface area contributed by atoms with Gasteiger partial charge in [-0.25, -0.2) is 4.79 Å². The van der Waals surface area contributed by atoms with Crippen molar-refractivity contribution in [3.8, 4) is 0 Å². The Hall–Kier alpha value is -1.30. The highest BCUT2D eigenvalue weighted by atomic mass is 35.5. The second-order valence-electron chi connectivity index (χ2n) is 6.05. The molecular formula is C16H25ClN4O. The third-order valence-corrected chi connectivity index (χ3v) is 4.13. The number of hydrogen-bond acceptors (Lipinski definition) is 3. The van der Waals surface area contributed by atoms with Crippen LogP contribution in [0.5, 0.6) is 0 Å². The molecule has 2 rings (SSSR count). The maximum absolute atomic E-state index is 11.9. The van der Waals surface area contributed by atoms with E-state index in [1.54, 1.807) is 24.3 Å². The number of nitrogens with zero attached hydrogens (tertiary/aromatic N) is 2. The lowest BCUT2D eigenvalue weighted by atomic mass is 10.1. The van der Waals surface area contributed by atoms with Gasteiger partial charge in [-0.3, -0.25) is 0 Å². The highest BCUT2D eigenvalue weighted by Crippen LogP contribution is 2.13. The van der Waals surface area contributed by atoms with Gasteiger partial charge in [-0.1, -0.05) is 18.5 Å². The van der Waals surface area contributed by atoms with Crippen molar-refractivity contribution in [3.63, 3.8) is 0 Å². The van der Waals surface area contributed by atoms with E-state index in [1.807, 2.05) is 0 Å². The molecule has 6 heteroatoms. The monoisotopic (exact) mass is 324 g/mol. The molecule has 1 aromatic carbocycles. The molecule has 1 aromatic rings. The van der Waals surface area contributed by atoms with Crippen molar-refractivity contribution in [2.45, 2.75) is 6.92 Å². The lowest BCUT2D eigenvalue weighted by Gasteiger charge is -2.33. The highest BCUT2D eigenvalue weighted by molar-refractivity contribution is 6.30. The first-order valence-electron chi connectivity index (χ1n) is 7.74. The van der Waals surface area contributed by atoms with E-state index in [1.165, 1.54) is 0 Å². The van der Waals surface area contributed by atoms with Gasteiger partial charge in [-0.2, -0.15) is 0 Å². The first-order chi connectivity index (χ1) is 10.5. The van der Waals surface area contributed by atoms with Crippen molar-refractivity contribution in [1.29, 1.82) is 0 Å². The zero-order valence-electron chi connectivity index (χ0n) is 13.3. The van der Waals surface area contributed by atoms with E-state index < -0.39 is 0 Å². The van der Waals surface area contributed by atoms with Crippen LogP contribution in [0.15, 0.2) is 24.3 Å². The van der Waals surface area contributed by atoms with Crippen LogP contribution in [-0.2, 0) is 0 Å². The predicted molar refractivity (Wildman–Crippen MR) is 91.6 cm³/mol. The first kappa shape index (κ1) is 17.1. The Balaban J connectivity index is 1.66. The largest absolute Gasteiger partial charge is 0.338 e. The normalized spacial score (nSPS) is 18.0. The van der Waals surface area contributed by atoms with Gasteiger partial charge in [-0.05, 0) is 37.2 Å². The lowest BCUT2D eigenvalue weighted by Crippen LogP contribution is -2.47. The third kappa shape index (κ3) is 5.83. The van der Waals surface area contributed by atoms with Gasteiger partial charge in [0.1, 0.15) is 0 Å². The number of urea groups is 1. The smallest absolute Gasteiger partial charge is 0.319 e. The summed E-state index contributed by atoms with van der Waals surface area (Å²) >= 11 is 5.82. The predicted octanol–water partition coefficient (Wildman–Crippen LogP) is 2.35. The molecule has 22 heavy (non-hydrogen) atoms. The van der Waals surface area contributed by atoms with Crippen LogP contribution in [0.4, 0.5) is 10.5 Å². The van der Waals surface area contributed by atoms with Crippen LogP contribution in [-0.4, -0.2) is 62.1 Å². The first-order valence-corrected chi connectivity index (χ1v) is 8.12. The molecule has 122 valence electrons. The summed E-state index contributed by atoms with van der Waals surface area (Å²) in [6, 6.07) is 6.92. The number of rotatable bonds is 5. The Labute approximate surface area is 137 Å². The molecule has 1 saturated heterocycles. The summed E-state index contributed by atoms with van der Waals surface area (Å²) in [7, 11) is 2.16. The number of likely N-dealkylation sites (N-methyl/N-ethyl adjacent to an activating group) is 1. The molecule has 1 unspecified atom stereocenters. The van der Waals surface area contributed by atoms with E-state index in [2.05, 4.69) is 34.4 Å². The minimum absolute atomic E-state index is 0.174. The van der Waals surface area contributed by atoms with Crippen LogP contribution in [0.3, 0.4) is 0 Å². The van der Waals surface area contributed by atoms with E-state index in [0.29, 0.717) is 17.5 Å². The Morgan fingerprint density at radius 2 is 1.86 bits per heavy atom. The Kier molecular flexibility index (Phi) is 6.49. The number of halogens is 1. The Morgan fingerprint density at radius 3 is 2.50 bits per heavy atom. The SMILES string of the molecule is CC(CNC(=O)Nc1ccc(Cl)cc1)CN1CCN(C)CC1. The van der Waals surface area contributed by atoms with Crippen molar-refractivity contribution >= 4 is 23.3 Å². The fraction of sp³-hybridized carbons (Fsp3) is 0.562. The second-order valence-corrected chi connectivity index (χ2v) is 6.49. The molecule has 0 spiro atoms. The maximum Gasteiger partial charge on any atom is 0.319 e. The molecule has 1 fully saturated rings. The Morgan fingerprint density at radius 1 is 1.23 bits per heavy atom. The van der Waals surface area contributed by atoms with Crippen LogP contribution in [0.2, 0.25) is 5.02 Å². The molecular weight excluding hydrogens is 300 g/mol. The van der Waals surface area contributed by atoms with Gasteiger partial charge in [0.2, 0.25) is 0 Å². The standard InChI is InChI=1S/C16H25ClN4O/c1-13(12-21-9-7-20(2)8-10-21)11-18-16(22)19-15-5-3-14(17)4-6-15/h3-6,13H,7-12H2,1-2H3,(H2,18,19,22). The summed E-state index contributed by atoms with van der Waals surface area (Å²) in [6.45, 7) is 8.33. The van der Waals surface area contributed by atoms with Gasteiger partial charge < -0.3 is 20.4 Å². The van der Waals surface area contributed by atoms with Crippen molar-refractivity contribution in [1.82, 2.24) is 15.1 Å². The van der Waals surface area contributed by atoms with Gasteiger partial charge >= 0.3 is 6.03 Å². The number of hydrogen-bond donors (Lipinski definition) is 2. The minimum Gasteiger partial charge on any atom is -0.338 e. The molecule has 2 amide bonds. The van der Waals surface area contributed by atoms with Crippen molar-refractivity contribution in [2.24, 2.45) is 5.92 Å². The van der Waals surface area contributed by atoms with Crippen LogP contribution >= 0.6 is 11.6 Å². The molecule has 1 aliphatic heterocycles. The molecule has 2 N–H and O–H groups in total. The van der Waals surface area contributed by atoms with E-state index >= 15 is 0 Å². The zero-order valence-corrected chi connectivity index (χ0v) is 14.1. The van der Waals surface area contributed by atoms with Crippen molar-refractivity contribution < 1.29 is 4.79 Å². The zero-order chi connectivity index (χ0) is 15.9. The van der Waals surface area contributed by atoms with Gasteiger partial charge in [0.15, 0.2) is 0 Å². The summed E-state index contributed by atoms with van der Waals surface area (Å²) in [6.07, 6.45) is 0. The molecule has 0 radical (unpaired) electrons. The molecule has 0 aliphatic carbocycles. The molecule has 0 aromatic heterocycles. The van der Waals surface area contributed by atoms with Crippen LogP contribution in [0, 0.1) is 5.92 Å². The molecule has 0 saturated carbocycles. The van der Waals surface area contributed by atoms with Gasteiger partial charge in [0.25, 0.3) is 0 Å². The molecule has 1 atom stereocenters. The van der Waals surface area contributed by atoms with Gasteiger partial charge in [-0.15, -0.1) is 0 Å². The van der Waals surface area contributed by atoms with E-state index in [9.17, 15) is 4.79 Å². The van der Waals surface area contributed by atoms with Crippen LogP contribution in [0.1, 0.15) is 6.92 Å². The topological polar surface area (TPSA) is 47.6 Å². The Bertz CT molecular complexity index is 472. The molecule has 0 bridgehead atoms. The molecule has 1 aliphatic rings. The summed E-state index contributed by atoms with van der Waals surface area (Å²) in [5.41, 5.74) is 0.744. The average Bonchev–Trinajstić information content (AvgIpc) is 2.50. The van der Waals surface area contributed by atoms with Crippen molar-refractivity contribution in [2.75, 3.05) is 51.6 Å². The second kappa shape index (κ2) is 8.36. The van der Waals surface area contributed by atoms with E-state index in [4.69, 9.17) is 11.6 Å². The van der Waals surface area contributed by atoms with E-state index in [0.717, 1.165) is 38.4 Å². The minimum atomic E-state index is -0.174. The molecule has 1 heterocycles. The average molecular weight is 325 g/mol. The number of carbonyl (C=O) groups is 1. The summed E-state index contributed by atoms with van der Waals surface area (Å²) in [5, 5.41) is 6.39. The fourth-order valence-electron chi connectivity index (χ4n) is 2.51.